The standard InChI is InChI=1S/C28H49N2O5P/c1-2-3-4-5-6-7-8-9-10-11-12-13-14-15-16-17-18-19-20-28(25-34-36(31,32)33)35-27-22-21-26(23-29)30-24-27/h21-22,24,28H,2-20,25H2,1H3,(H2,31,32,33)/t28-/m1/s1. The molecule has 2 N–H and O–H groups in total. The van der Waals surface area contributed by atoms with Crippen LogP contribution >= 0.6 is 7.82 Å². The van der Waals surface area contributed by atoms with E-state index >= 15 is 0 Å². The van der Waals surface area contributed by atoms with Gasteiger partial charge in [0, 0.05) is 0 Å². The normalized spacial score (nSPS) is 12.4. The summed E-state index contributed by atoms with van der Waals surface area (Å²) < 4.78 is 21.5. The molecule has 1 atom stereocenters. The third-order valence-electron chi connectivity index (χ3n) is 6.46. The van der Waals surface area contributed by atoms with Crippen molar-refractivity contribution in [2.24, 2.45) is 0 Å². The van der Waals surface area contributed by atoms with Crippen LogP contribution in [0.1, 0.15) is 135 Å². The second-order valence-electron chi connectivity index (χ2n) is 9.82. The number of hydrogen-bond donors (Lipinski definition) is 2. The largest absolute Gasteiger partial charge is 0.486 e. The lowest BCUT2D eigenvalue weighted by Crippen LogP contribution is -2.22. The summed E-state index contributed by atoms with van der Waals surface area (Å²) in [6.45, 7) is 2.08. The van der Waals surface area contributed by atoms with E-state index in [1.54, 1.807) is 12.1 Å². The summed E-state index contributed by atoms with van der Waals surface area (Å²) in [6, 6.07) is 5.13. The molecule has 0 radical (unpaired) electrons. The summed E-state index contributed by atoms with van der Waals surface area (Å²) in [4.78, 5) is 22.0. The van der Waals surface area contributed by atoms with E-state index in [2.05, 4.69) is 16.4 Å². The molecule has 0 amide bonds. The molecular formula is C28H49N2O5P. The number of aromatic nitrogens is 1. The van der Waals surface area contributed by atoms with Gasteiger partial charge in [0.05, 0.1) is 12.8 Å². The second-order valence-corrected chi connectivity index (χ2v) is 11.1. The summed E-state index contributed by atoms with van der Waals surface area (Å²) >= 11 is 0. The Kier molecular flexibility index (Phi) is 19.6. The Labute approximate surface area is 219 Å². The first kappa shape index (κ1) is 32.6. The first-order valence-electron chi connectivity index (χ1n) is 14.2. The summed E-state index contributed by atoms with van der Waals surface area (Å²) in [7, 11) is -4.55. The lowest BCUT2D eigenvalue weighted by atomic mass is 10.0. The number of rotatable bonds is 24. The van der Waals surface area contributed by atoms with E-state index in [1.165, 1.54) is 103 Å². The number of nitriles is 1. The molecule has 0 saturated carbocycles. The third-order valence-corrected chi connectivity index (χ3v) is 6.95. The van der Waals surface area contributed by atoms with Crippen molar-refractivity contribution in [1.82, 2.24) is 4.98 Å². The molecule has 0 saturated heterocycles. The second kappa shape index (κ2) is 21.6. The van der Waals surface area contributed by atoms with Crippen molar-refractivity contribution >= 4 is 7.82 Å². The summed E-state index contributed by atoms with van der Waals surface area (Å²) in [5, 5.41) is 8.85. The molecule has 0 aliphatic heterocycles. The highest BCUT2D eigenvalue weighted by molar-refractivity contribution is 7.46. The summed E-state index contributed by atoms with van der Waals surface area (Å²) in [5.74, 6) is 0.454. The molecule has 1 aromatic rings. The fourth-order valence-corrected chi connectivity index (χ4v) is 4.70. The Bertz CT molecular complexity index is 732. The van der Waals surface area contributed by atoms with Gasteiger partial charge < -0.3 is 14.5 Å². The van der Waals surface area contributed by atoms with Crippen molar-refractivity contribution in [3.63, 3.8) is 0 Å². The van der Waals surface area contributed by atoms with E-state index < -0.39 is 13.9 Å². The highest BCUT2D eigenvalue weighted by Gasteiger charge is 2.19. The van der Waals surface area contributed by atoms with Crippen LogP contribution < -0.4 is 4.74 Å². The van der Waals surface area contributed by atoms with E-state index in [9.17, 15) is 4.57 Å². The maximum absolute atomic E-state index is 11.1. The highest BCUT2D eigenvalue weighted by Crippen LogP contribution is 2.36. The van der Waals surface area contributed by atoms with Crippen molar-refractivity contribution in [2.45, 2.75) is 135 Å². The highest BCUT2D eigenvalue weighted by atomic mass is 31.2. The predicted molar refractivity (Wildman–Crippen MR) is 145 cm³/mol. The molecule has 7 nitrogen and oxygen atoms in total. The van der Waals surface area contributed by atoms with Crippen LogP contribution in [0.15, 0.2) is 18.3 Å². The van der Waals surface area contributed by atoms with Crippen LogP contribution in [0.3, 0.4) is 0 Å². The summed E-state index contributed by atoms with van der Waals surface area (Å²) in [5.41, 5.74) is 0.286. The number of phosphoric ester groups is 1. The van der Waals surface area contributed by atoms with Crippen LogP contribution in [0.4, 0.5) is 0 Å². The van der Waals surface area contributed by atoms with Crippen molar-refractivity contribution in [1.29, 1.82) is 5.26 Å². The molecule has 0 aliphatic rings. The van der Waals surface area contributed by atoms with Gasteiger partial charge >= 0.3 is 7.82 Å². The van der Waals surface area contributed by atoms with E-state index in [-0.39, 0.29) is 12.3 Å². The van der Waals surface area contributed by atoms with Crippen molar-refractivity contribution in [3.8, 4) is 11.8 Å². The molecule has 0 unspecified atom stereocenters. The topological polar surface area (TPSA) is 113 Å². The molecule has 8 heteroatoms. The van der Waals surface area contributed by atoms with Gasteiger partial charge in [-0.15, -0.1) is 0 Å². The molecule has 0 fully saturated rings. The molecule has 36 heavy (non-hydrogen) atoms. The quantitative estimate of drug-likeness (QED) is 0.103. The average molecular weight is 525 g/mol. The molecular weight excluding hydrogens is 475 g/mol. The maximum atomic E-state index is 11.1. The van der Waals surface area contributed by atoms with Crippen molar-refractivity contribution in [2.75, 3.05) is 6.61 Å². The number of phosphoric acid groups is 1. The zero-order chi connectivity index (χ0) is 26.3. The molecule has 1 aromatic heterocycles. The van der Waals surface area contributed by atoms with Gasteiger partial charge in [-0.25, -0.2) is 9.55 Å². The average Bonchev–Trinajstić information content (AvgIpc) is 2.86. The first-order valence-corrected chi connectivity index (χ1v) is 15.7. The van der Waals surface area contributed by atoms with Crippen LogP contribution in [0, 0.1) is 11.3 Å². The van der Waals surface area contributed by atoms with Gasteiger partial charge in [-0.3, -0.25) is 4.52 Å². The van der Waals surface area contributed by atoms with Gasteiger partial charge in [-0.2, -0.15) is 5.26 Å². The van der Waals surface area contributed by atoms with Gasteiger partial charge in [0.2, 0.25) is 0 Å². The van der Waals surface area contributed by atoms with Gasteiger partial charge in [0.15, 0.2) is 0 Å². The predicted octanol–water partition coefficient (Wildman–Crippen LogP) is 8.24. The van der Waals surface area contributed by atoms with Crippen LogP contribution in [0.2, 0.25) is 0 Å². The van der Waals surface area contributed by atoms with E-state index in [0.717, 1.165) is 19.3 Å². The molecule has 0 spiro atoms. The SMILES string of the molecule is CCCCCCCCCCCCCCCCCCCC[C@H](COP(=O)(O)O)Oc1ccc(C#N)nc1. The minimum atomic E-state index is -4.55. The fourth-order valence-electron chi connectivity index (χ4n) is 4.34. The van der Waals surface area contributed by atoms with Gasteiger partial charge in [-0.05, 0) is 25.0 Å². The fraction of sp³-hybridized carbons (Fsp3) is 0.786. The number of unbranched alkanes of at least 4 members (excludes halogenated alkanes) is 17. The van der Waals surface area contributed by atoms with Crippen LogP contribution in [-0.4, -0.2) is 27.5 Å². The Morgan fingerprint density at radius 3 is 1.69 bits per heavy atom. The van der Waals surface area contributed by atoms with Crippen LogP contribution in [0.25, 0.3) is 0 Å². The summed E-state index contributed by atoms with van der Waals surface area (Å²) in [6.07, 6.45) is 25.2. The van der Waals surface area contributed by atoms with Gasteiger partial charge in [0.1, 0.15) is 23.6 Å². The van der Waals surface area contributed by atoms with E-state index in [4.69, 9.17) is 19.8 Å². The zero-order valence-corrected chi connectivity index (χ0v) is 23.3. The van der Waals surface area contributed by atoms with Crippen LogP contribution in [-0.2, 0) is 9.09 Å². The molecule has 1 heterocycles. The minimum absolute atomic E-state index is 0.191. The Morgan fingerprint density at radius 2 is 1.31 bits per heavy atom. The van der Waals surface area contributed by atoms with E-state index in [1.807, 2.05) is 6.07 Å². The number of nitrogens with zero attached hydrogens (tertiary/aromatic N) is 2. The Morgan fingerprint density at radius 1 is 0.833 bits per heavy atom. The monoisotopic (exact) mass is 524 g/mol. The number of ether oxygens (including phenoxy) is 1. The van der Waals surface area contributed by atoms with Gasteiger partial charge in [0.25, 0.3) is 0 Å². The molecule has 0 bridgehead atoms. The van der Waals surface area contributed by atoms with Crippen molar-refractivity contribution < 1.29 is 23.6 Å². The smallest absolute Gasteiger partial charge is 0.469 e. The third kappa shape index (κ3) is 19.7. The number of hydrogen-bond acceptors (Lipinski definition) is 5. The maximum Gasteiger partial charge on any atom is 0.469 e. The molecule has 206 valence electrons. The molecule has 0 aromatic carbocycles. The minimum Gasteiger partial charge on any atom is -0.486 e. The lowest BCUT2D eigenvalue weighted by molar-refractivity contribution is 0.0939. The van der Waals surface area contributed by atoms with Gasteiger partial charge in [-0.1, -0.05) is 116 Å². The molecule has 0 aliphatic carbocycles. The first-order chi connectivity index (χ1) is 17.4. The zero-order valence-electron chi connectivity index (χ0n) is 22.4. The number of pyridine rings is 1. The van der Waals surface area contributed by atoms with E-state index in [0.29, 0.717) is 12.2 Å². The lowest BCUT2D eigenvalue weighted by Gasteiger charge is -2.19. The van der Waals surface area contributed by atoms with Crippen molar-refractivity contribution in [3.05, 3.63) is 24.0 Å². The Hall–Kier alpha value is -1.45. The molecule has 1 rings (SSSR count). The van der Waals surface area contributed by atoms with Crippen LogP contribution in [0.5, 0.6) is 5.75 Å². The Balaban J connectivity index is 2.03.